The first-order valence-corrected chi connectivity index (χ1v) is 10.2. The Balaban J connectivity index is 2.01. The van der Waals surface area contributed by atoms with Crippen LogP contribution < -0.4 is 9.64 Å². The van der Waals surface area contributed by atoms with Gasteiger partial charge in [-0.15, -0.1) is 0 Å². The molecule has 6 nitrogen and oxygen atoms in total. The number of anilines is 1. The number of halogens is 1. The van der Waals surface area contributed by atoms with E-state index < -0.39 is 23.5 Å². The summed E-state index contributed by atoms with van der Waals surface area (Å²) in [5, 5.41) is 21.3. The highest BCUT2D eigenvalue weighted by atomic mass is 35.5. The van der Waals surface area contributed by atoms with Crippen LogP contribution in [0.5, 0.6) is 11.5 Å². The maximum atomic E-state index is 13.2. The van der Waals surface area contributed by atoms with Crippen molar-refractivity contribution in [3.63, 3.8) is 0 Å². The van der Waals surface area contributed by atoms with Gasteiger partial charge >= 0.3 is 0 Å². The summed E-state index contributed by atoms with van der Waals surface area (Å²) in [4.78, 5) is 27.8. The van der Waals surface area contributed by atoms with Crippen LogP contribution in [0.25, 0.3) is 5.76 Å². The number of hydrogen-bond acceptors (Lipinski definition) is 5. The number of phenolic OH excluding ortho intramolecular Hbond substituents is 1. The smallest absolute Gasteiger partial charge is 0.300 e. The second kappa shape index (κ2) is 8.40. The number of hydrogen-bond donors (Lipinski definition) is 2. The lowest BCUT2D eigenvalue weighted by Gasteiger charge is -2.27. The number of aryl methyl sites for hydroxylation is 1. The molecule has 0 saturated carbocycles. The maximum Gasteiger partial charge on any atom is 0.300 e. The van der Waals surface area contributed by atoms with Crippen LogP contribution in [-0.4, -0.2) is 29.0 Å². The van der Waals surface area contributed by atoms with E-state index >= 15 is 0 Å². The van der Waals surface area contributed by atoms with Gasteiger partial charge in [-0.05, 0) is 54.4 Å². The van der Waals surface area contributed by atoms with Crippen LogP contribution in [0.3, 0.4) is 0 Å². The minimum Gasteiger partial charge on any atom is -0.508 e. The zero-order valence-electron chi connectivity index (χ0n) is 17.4. The molecule has 1 unspecified atom stereocenters. The summed E-state index contributed by atoms with van der Waals surface area (Å²) in [6.45, 7) is 1.84. The molecule has 1 amide bonds. The first-order valence-electron chi connectivity index (χ1n) is 9.83. The molecule has 1 fully saturated rings. The fraction of sp³-hybridized carbons (Fsp3) is 0.120. The summed E-state index contributed by atoms with van der Waals surface area (Å²) in [7, 11) is 1.43. The molecule has 32 heavy (non-hydrogen) atoms. The van der Waals surface area contributed by atoms with Gasteiger partial charge in [0.05, 0.1) is 24.3 Å². The van der Waals surface area contributed by atoms with Crippen LogP contribution in [0.1, 0.15) is 22.7 Å². The Morgan fingerprint density at radius 1 is 1.03 bits per heavy atom. The maximum absolute atomic E-state index is 13.2. The van der Waals surface area contributed by atoms with E-state index in [4.69, 9.17) is 16.3 Å². The highest BCUT2D eigenvalue weighted by Crippen LogP contribution is 2.44. The Bertz CT molecular complexity index is 1250. The van der Waals surface area contributed by atoms with E-state index in [9.17, 15) is 19.8 Å². The molecule has 1 heterocycles. The standard InChI is InChI=1S/C25H20ClNO5/c1-14-5-3-4-6-19(14)27-22(15-7-10-17(28)11-8-15)21(24(30)25(27)31)23(29)18-13-16(26)9-12-20(18)32-2/h3-13,22,28-29H,1-2H3/b23-21+. The van der Waals surface area contributed by atoms with Crippen molar-refractivity contribution in [1.82, 2.24) is 0 Å². The average Bonchev–Trinajstić information content (AvgIpc) is 3.04. The number of aromatic hydroxyl groups is 1. The lowest BCUT2D eigenvalue weighted by molar-refractivity contribution is -0.132. The van der Waals surface area contributed by atoms with E-state index in [2.05, 4.69) is 0 Å². The Kier molecular flexibility index (Phi) is 5.63. The zero-order valence-corrected chi connectivity index (χ0v) is 18.1. The molecule has 4 rings (SSSR count). The highest BCUT2D eigenvalue weighted by Gasteiger charge is 2.47. The number of nitrogens with zero attached hydrogens (tertiary/aromatic N) is 1. The fourth-order valence-corrected chi connectivity index (χ4v) is 4.07. The summed E-state index contributed by atoms with van der Waals surface area (Å²) in [5.74, 6) is -1.64. The fourth-order valence-electron chi connectivity index (χ4n) is 3.90. The molecule has 1 aliphatic rings. The minimum atomic E-state index is -0.916. The Morgan fingerprint density at radius 3 is 2.38 bits per heavy atom. The molecule has 3 aromatic carbocycles. The molecular weight excluding hydrogens is 430 g/mol. The van der Waals surface area contributed by atoms with Crippen LogP contribution >= 0.6 is 11.6 Å². The monoisotopic (exact) mass is 449 g/mol. The number of carbonyl (C=O) groups is 2. The number of Topliss-reactive ketones (excluding diaryl/α,β-unsaturated/α-hetero) is 1. The third kappa shape index (κ3) is 3.59. The number of rotatable bonds is 4. The normalized spacial score (nSPS) is 17.6. The van der Waals surface area contributed by atoms with Crippen LogP contribution in [0.15, 0.2) is 72.3 Å². The van der Waals surface area contributed by atoms with Crippen molar-refractivity contribution in [2.45, 2.75) is 13.0 Å². The van der Waals surface area contributed by atoms with Gasteiger partial charge in [0.25, 0.3) is 11.7 Å². The second-order valence-corrected chi connectivity index (χ2v) is 7.83. The predicted octanol–water partition coefficient (Wildman–Crippen LogP) is 4.99. The summed E-state index contributed by atoms with van der Waals surface area (Å²) in [5.41, 5.74) is 1.99. The van der Waals surface area contributed by atoms with Crippen molar-refractivity contribution in [1.29, 1.82) is 0 Å². The third-order valence-electron chi connectivity index (χ3n) is 5.44. The van der Waals surface area contributed by atoms with Crippen molar-refractivity contribution < 1.29 is 24.5 Å². The van der Waals surface area contributed by atoms with Gasteiger partial charge in [0.15, 0.2) is 0 Å². The Hall–Kier alpha value is -3.77. The van der Waals surface area contributed by atoms with Crippen molar-refractivity contribution in [2.24, 2.45) is 0 Å². The van der Waals surface area contributed by atoms with Crippen molar-refractivity contribution in [3.05, 3.63) is 94.0 Å². The van der Waals surface area contributed by atoms with Gasteiger partial charge in [-0.25, -0.2) is 0 Å². The molecule has 1 atom stereocenters. The number of methoxy groups -OCH3 is 1. The molecule has 0 bridgehead atoms. The molecule has 3 aromatic rings. The molecule has 0 radical (unpaired) electrons. The van der Waals surface area contributed by atoms with Crippen LogP contribution in [-0.2, 0) is 9.59 Å². The Labute approximate surface area is 189 Å². The molecule has 1 saturated heterocycles. The van der Waals surface area contributed by atoms with Crippen LogP contribution in [0.2, 0.25) is 5.02 Å². The van der Waals surface area contributed by atoms with Gasteiger partial charge in [-0.3, -0.25) is 14.5 Å². The number of ether oxygens (including phenoxy) is 1. The van der Waals surface area contributed by atoms with E-state index in [1.54, 1.807) is 36.4 Å². The number of carbonyl (C=O) groups excluding carboxylic acids is 2. The molecule has 7 heteroatoms. The number of phenols is 1. The van der Waals surface area contributed by atoms with Gasteiger partial charge in [0.2, 0.25) is 0 Å². The van der Waals surface area contributed by atoms with Crippen LogP contribution in [0, 0.1) is 6.92 Å². The molecule has 162 valence electrons. The lowest BCUT2D eigenvalue weighted by Crippen LogP contribution is -2.30. The van der Waals surface area contributed by atoms with Gasteiger partial charge in [-0.2, -0.15) is 0 Å². The first kappa shape index (κ1) is 21.5. The summed E-state index contributed by atoms with van der Waals surface area (Å²) in [6.07, 6.45) is 0. The number of benzene rings is 3. The SMILES string of the molecule is COc1ccc(Cl)cc1/C(O)=C1\C(=O)C(=O)N(c2ccccc2C)C1c1ccc(O)cc1. The largest absolute Gasteiger partial charge is 0.508 e. The number of para-hydroxylation sites is 1. The van der Waals surface area contributed by atoms with E-state index in [1.165, 1.54) is 30.2 Å². The predicted molar refractivity (Wildman–Crippen MR) is 122 cm³/mol. The van der Waals surface area contributed by atoms with Crippen molar-refractivity contribution >= 4 is 34.7 Å². The lowest BCUT2D eigenvalue weighted by atomic mass is 9.94. The number of ketones is 1. The van der Waals surface area contributed by atoms with E-state index in [-0.39, 0.29) is 16.9 Å². The quantitative estimate of drug-likeness (QED) is 0.333. The molecule has 0 aliphatic carbocycles. The average molecular weight is 450 g/mol. The van der Waals surface area contributed by atoms with Crippen molar-refractivity contribution in [2.75, 3.05) is 12.0 Å². The molecule has 2 N–H and O–H groups in total. The van der Waals surface area contributed by atoms with E-state index in [0.717, 1.165) is 5.56 Å². The van der Waals surface area contributed by atoms with Crippen LogP contribution in [0.4, 0.5) is 5.69 Å². The summed E-state index contributed by atoms with van der Waals surface area (Å²) < 4.78 is 5.33. The third-order valence-corrected chi connectivity index (χ3v) is 5.68. The van der Waals surface area contributed by atoms with Gasteiger partial charge in [0, 0.05) is 10.7 Å². The minimum absolute atomic E-state index is 0.0399. The number of aliphatic hydroxyl groups is 1. The molecule has 0 spiro atoms. The Morgan fingerprint density at radius 2 is 1.72 bits per heavy atom. The number of amides is 1. The van der Waals surface area contributed by atoms with Gasteiger partial charge in [0.1, 0.15) is 17.3 Å². The highest BCUT2D eigenvalue weighted by molar-refractivity contribution is 6.51. The van der Waals surface area contributed by atoms with Crippen molar-refractivity contribution in [3.8, 4) is 11.5 Å². The van der Waals surface area contributed by atoms with E-state index in [0.29, 0.717) is 22.0 Å². The first-order chi connectivity index (χ1) is 15.3. The molecule has 0 aromatic heterocycles. The van der Waals surface area contributed by atoms with Gasteiger partial charge < -0.3 is 14.9 Å². The molecular formula is C25H20ClNO5. The van der Waals surface area contributed by atoms with Gasteiger partial charge in [-0.1, -0.05) is 41.9 Å². The topological polar surface area (TPSA) is 87.1 Å². The van der Waals surface area contributed by atoms with E-state index in [1.807, 2.05) is 19.1 Å². The summed E-state index contributed by atoms with van der Waals surface area (Å²) in [6, 6.07) is 17.1. The molecule has 1 aliphatic heterocycles. The zero-order chi connectivity index (χ0) is 23.0. The summed E-state index contributed by atoms with van der Waals surface area (Å²) >= 11 is 6.13. The number of aliphatic hydroxyl groups excluding tert-OH is 1. The second-order valence-electron chi connectivity index (χ2n) is 7.39.